The summed E-state index contributed by atoms with van der Waals surface area (Å²) < 4.78 is 0. The first-order chi connectivity index (χ1) is 9.19. The second-order valence-electron chi connectivity index (χ2n) is 4.42. The van der Waals surface area contributed by atoms with Crippen molar-refractivity contribution in [1.82, 2.24) is 10.2 Å². The summed E-state index contributed by atoms with van der Waals surface area (Å²) in [4.78, 5) is 2.22. The third-order valence-corrected chi connectivity index (χ3v) is 2.92. The van der Waals surface area contributed by atoms with Crippen molar-refractivity contribution in [2.75, 3.05) is 26.2 Å². The predicted octanol–water partition coefficient (Wildman–Crippen LogP) is 3.24. The summed E-state index contributed by atoms with van der Waals surface area (Å²) in [6.07, 6.45) is 8.15. The molecule has 3 heteroatoms. The Morgan fingerprint density at radius 2 is 1.84 bits per heavy atom. The second-order valence-corrected chi connectivity index (χ2v) is 4.42. The second kappa shape index (κ2) is 11.6. The van der Waals surface area contributed by atoms with Crippen molar-refractivity contribution in [1.29, 1.82) is 5.26 Å². The van der Waals surface area contributed by atoms with Crippen LogP contribution in [-0.4, -0.2) is 31.1 Å². The molecule has 0 saturated carbocycles. The molecule has 1 aliphatic heterocycles. The van der Waals surface area contributed by atoms with Crippen LogP contribution in [0.4, 0.5) is 0 Å². The van der Waals surface area contributed by atoms with Gasteiger partial charge in [-0.1, -0.05) is 39.3 Å². The summed E-state index contributed by atoms with van der Waals surface area (Å²) >= 11 is 0. The van der Waals surface area contributed by atoms with E-state index in [0.29, 0.717) is 5.57 Å². The van der Waals surface area contributed by atoms with Crippen LogP contribution >= 0.6 is 0 Å². The van der Waals surface area contributed by atoms with Gasteiger partial charge in [0.25, 0.3) is 0 Å². The molecule has 3 nitrogen and oxygen atoms in total. The van der Waals surface area contributed by atoms with Crippen LogP contribution in [0.2, 0.25) is 0 Å². The number of piperazine rings is 1. The van der Waals surface area contributed by atoms with Gasteiger partial charge < -0.3 is 10.2 Å². The molecule has 1 rings (SSSR count). The highest BCUT2D eigenvalue weighted by Crippen LogP contribution is 2.06. The number of hydrogen-bond donors (Lipinski definition) is 1. The highest BCUT2D eigenvalue weighted by Gasteiger charge is 2.08. The molecular formula is C16H27N3. The van der Waals surface area contributed by atoms with E-state index in [1.54, 1.807) is 6.08 Å². The topological polar surface area (TPSA) is 39.1 Å². The molecule has 0 aromatic carbocycles. The van der Waals surface area contributed by atoms with Crippen molar-refractivity contribution in [3.05, 3.63) is 36.1 Å². The summed E-state index contributed by atoms with van der Waals surface area (Å²) in [5.74, 6) is 0. The van der Waals surface area contributed by atoms with E-state index in [2.05, 4.69) is 36.7 Å². The van der Waals surface area contributed by atoms with Gasteiger partial charge in [0, 0.05) is 37.4 Å². The quantitative estimate of drug-likeness (QED) is 0.624. The molecule has 1 aliphatic rings. The normalized spacial score (nSPS) is 15.7. The van der Waals surface area contributed by atoms with E-state index in [1.165, 1.54) is 12.8 Å². The molecule has 0 unspecified atom stereocenters. The van der Waals surface area contributed by atoms with Crippen LogP contribution in [0.25, 0.3) is 0 Å². The Hall–Kier alpha value is -1.53. The molecular weight excluding hydrogens is 234 g/mol. The summed E-state index contributed by atoms with van der Waals surface area (Å²) in [7, 11) is 0. The molecule has 0 radical (unpaired) electrons. The lowest BCUT2D eigenvalue weighted by atomic mass is 10.2. The Morgan fingerprint density at radius 3 is 2.26 bits per heavy atom. The van der Waals surface area contributed by atoms with Crippen LogP contribution in [0.15, 0.2) is 36.1 Å². The molecule has 106 valence electrons. The molecule has 0 bridgehead atoms. The highest BCUT2D eigenvalue weighted by molar-refractivity contribution is 5.35. The standard InChI is InChI=1S/C12H17N3.C4H10/c1-3-12(10-13)5-4-11(2)15-8-6-14-7-9-15;1-3-4-2/h3-5,14H,2,6-9H2,1H3;3-4H2,1-2H3/b5-4-,12-3+;. The number of allylic oxidation sites excluding steroid dienone is 4. The first-order valence-electron chi connectivity index (χ1n) is 7.08. The SMILES string of the molecule is C=C(/C=C\C(C#N)=C/C)N1CCNCC1.CCCC. The Kier molecular flexibility index (Phi) is 10.6. The smallest absolute Gasteiger partial charge is 0.0988 e. The lowest BCUT2D eigenvalue weighted by molar-refractivity contribution is 0.308. The van der Waals surface area contributed by atoms with Crippen LogP contribution in [0.5, 0.6) is 0 Å². The maximum atomic E-state index is 8.73. The monoisotopic (exact) mass is 261 g/mol. The first kappa shape index (κ1) is 17.5. The average molecular weight is 261 g/mol. The van der Waals surface area contributed by atoms with Crippen molar-refractivity contribution in [3.63, 3.8) is 0 Å². The molecule has 0 spiro atoms. The summed E-state index contributed by atoms with van der Waals surface area (Å²) in [5, 5.41) is 12.0. The van der Waals surface area contributed by atoms with Crippen molar-refractivity contribution >= 4 is 0 Å². The molecule has 19 heavy (non-hydrogen) atoms. The molecule has 0 amide bonds. The Bertz CT molecular complexity index is 339. The third-order valence-electron chi connectivity index (χ3n) is 2.92. The number of rotatable bonds is 4. The minimum absolute atomic E-state index is 0.672. The van der Waals surface area contributed by atoms with E-state index in [9.17, 15) is 0 Å². The van der Waals surface area contributed by atoms with E-state index in [1.807, 2.05) is 19.1 Å². The largest absolute Gasteiger partial charge is 0.369 e. The number of hydrogen-bond acceptors (Lipinski definition) is 3. The minimum atomic E-state index is 0.672. The Morgan fingerprint density at radius 1 is 1.26 bits per heavy atom. The molecule has 0 aliphatic carbocycles. The predicted molar refractivity (Wildman–Crippen MR) is 82.7 cm³/mol. The lowest BCUT2D eigenvalue weighted by Gasteiger charge is -2.29. The molecule has 1 N–H and O–H groups in total. The minimum Gasteiger partial charge on any atom is -0.369 e. The highest BCUT2D eigenvalue weighted by atomic mass is 15.2. The van der Waals surface area contributed by atoms with Gasteiger partial charge in [0.05, 0.1) is 6.07 Å². The molecule has 0 aromatic heterocycles. The van der Waals surface area contributed by atoms with Crippen molar-refractivity contribution in [2.24, 2.45) is 0 Å². The van der Waals surface area contributed by atoms with Crippen LogP contribution in [0, 0.1) is 11.3 Å². The van der Waals surface area contributed by atoms with Gasteiger partial charge in [-0.2, -0.15) is 5.26 Å². The van der Waals surface area contributed by atoms with E-state index in [0.717, 1.165) is 31.9 Å². The van der Waals surface area contributed by atoms with Gasteiger partial charge in [-0.15, -0.1) is 0 Å². The van der Waals surface area contributed by atoms with Gasteiger partial charge in [0.1, 0.15) is 0 Å². The van der Waals surface area contributed by atoms with Gasteiger partial charge >= 0.3 is 0 Å². The van der Waals surface area contributed by atoms with Gasteiger partial charge in [0.15, 0.2) is 0 Å². The molecule has 1 saturated heterocycles. The van der Waals surface area contributed by atoms with Crippen molar-refractivity contribution in [2.45, 2.75) is 33.6 Å². The van der Waals surface area contributed by atoms with Crippen LogP contribution in [0.1, 0.15) is 33.6 Å². The summed E-state index contributed by atoms with van der Waals surface area (Å²) in [6.45, 7) is 14.2. The first-order valence-corrected chi connectivity index (χ1v) is 7.08. The number of nitrogens with one attached hydrogen (secondary N) is 1. The molecule has 0 aromatic rings. The van der Waals surface area contributed by atoms with Crippen molar-refractivity contribution < 1.29 is 0 Å². The van der Waals surface area contributed by atoms with Crippen LogP contribution in [0.3, 0.4) is 0 Å². The maximum Gasteiger partial charge on any atom is 0.0988 e. The maximum absolute atomic E-state index is 8.73. The third kappa shape index (κ3) is 8.23. The molecule has 0 atom stereocenters. The number of unbranched alkanes of at least 4 members (excludes halogenated alkanes) is 1. The fourth-order valence-corrected chi connectivity index (χ4v) is 1.44. The van der Waals surface area contributed by atoms with Gasteiger partial charge in [-0.25, -0.2) is 0 Å². The van der Waals surface area contributed by atoms with E-state index < -0.39 is 0 Å². The Labute approximate surface area is 118 Å². The van der Waals surface area contributed by atoms with Crippen molar-refractivity contribution in [3.8, 4) is 6.07 Å². The number of nitrogens with zero attached hydrogens (tertiary/aromatic N) is 2. The van der Waals surface area contributed by atoms with E-state index in [-0.39, 0.29) is 0 Å². The summed E-state index contributed by atoms with van der Waals surface area (Å²) in [6, 6.07) is 2.11. The lowest BCUT2D eigenvalue weighted by Crippen LogP contribution is -2.42. The zero-order valence-corrected chi connectivity index (χ0v) is 12.6. The molecule has 1 heterocycles. The van der Waals surface area contributed by atoms with Gasteiger partial charge in [-0.3, -0.25) is 0 Å². The average Bonchev–Trinajstić information content (AvgIpc) is 2.49. The fraction of sp³-hybridized carbons (Fsp3) is 0.562. The Balaban J connectivity index is 0.000000711. The van der Waals surface area contributed by atoms with Gasteiger partial charge in [-0.05, 0) is 19.1 Å². The van der Waals surface area contributed by atoms with Crippen LogP contribution in [-0.2, 0) is 0 Å². The van der Waals surface area contributed by atoms with Gasteiger partial charge in [0.2, 0.25) is 0 Å². The van der Waals surface area contributed by atoms with E-state index >= 15 is 0 Å². The summed E-state index contributed by atoms with van der Waals surface area (Å²) in [5.41, 5.74) is 1.65. The number of nitriles is 1. The van der Waals surface area contributed by atoms with Crippen LogP contribution < -0.4 is 5.32 Å². The zero-order valence-electron chi connectivity index (χ0n) is 12.6. The zero-order chi connectivity index (χ0) is 14.5. The fourth-order valence-electron chi connectivity index (χ4n) is 1.44. The van der Waals surface area contributed by atoms with E-state index in [4.69, 9.17) is 5.26 Å². The molecule has 1 fully saturated rings.